The molecule has 0 aliphatic carbocycles. The molecule has 0 amide bonds. The average molecular weight is 294 g/mol. The van der Waals surface area contributed by atoms with Crippen LogP contribution in [-0.2, 0) is 6.42 Å². The molecule has 0 aliphatic rings. The molecule has 0 saturated carbocycles. The zero-order valence-electron chi connectivity index (χ0n) is 9.37. The summed E-state index contributed by atoms with van der Waals surface area (Å²) in [5.41, 5.74) is 6.79. The predicted molar refractivity (Wildman–Crippen MR) is 70.1 cm³/mol. The van der Waals surface area contributed by atoms with Gasteiger partial charge in [0.25, 0.3) is 0 Å². The summed E-state index contributed by atoms with van der Waals surface area (Å²) in [5.74, 6) is 0.977. The van der Waals surface area contributed by atoms with Gasteiger partial charge < -0.3 is 10.2 Å². The summed E-state index contributed by atoms with van der Waals surface area (Å²) >= 11 is 3.31. The molecule has 1 aromatic carbocycles. The van der Waals surface area contributed by atoms with Gasteiger partial charge >= 0.3 is 0 Å². The maximum Gasteiger partial charge on any atom is 0.229 e. The van der Waals surface area contributed by atoms with Crippen molar-refractivity contribution < 1.29 is 9.21 Å². The number of aryl methyl sites for hydroxylation is 1. The summed E-state index contributed by atoms with van der Waals surface area (Å²) in [7, 11) is 0. The molecule has 0 spiro atoms. The molecule has 2 aromatic rings. The number of ketones is 1. The van der Waals surface area contributed by atoms with Crippen molar-refractivity contribution in [3.63, 3.8) is 0 Å². The van der Waals surface area contributed by atoms with Gasteiger partial charge in [-0.05, 0) is 40.2 Å². The average Bonchev–Trinajstić information content (AvgIpc) is 2.80. The molecule has 0 radical (unpaired) electrons. The zero-order valence-corrected chi connectivity index (χ0v) is 11.0. The summed E-state index contributed by atoms with van der Waals surface area (Å²) in [5, 5.41) is 0. The van der Waals surface area contributed by atoms with Crippen LogP contribution < -0.4 is 5.73 Å². The molecule has 1 heterocycles. The minimum atomic E-state index is -0.163. The van der Waals surface area contributed by atoms with Gasteiger partial charge in [0.2, 0.25) is 5.78 Å². The van der Waals surface area contributed by atoms with Gasteiger partial charge in [-0.3, -0.25) is 4.79 Å². The van der Waals surface area contributed by atoms with E-state index in [0.717, 1.165) is 12.2 Å². The van der Waals surface area contributed by atoms with Crippen LogP contribution >= 0.6 is 15.9 Å². The Kier molecular flexibility index (Phi) is 3.33. The topological polar surface area (TPSA) is 56.2 Å². The first-order valence-corrected chi connectivity index (χ1v) is 6.10. The quantitative estimate of drug-likeness (QED) is 0.697. The number of carbonyl (C=O) groups excluding carboxylic acids is 1. The first-order chi connectivity index (χ1) is 8.13. The molecule has 3 nitrogen and oxygen atoms in total. The highest BCUT2D eigenvalue weighted by atomic mass is 79.9. The lowest BCUT2D eigenvalue weighted by Gasteiger charge is -2.03. The lowest BCUT2D eigenvalue weighted by Crippen LogP contribution is -2.02. The first-order valence-electron chi connectivity index (χ1n) is 5.31. The fourth-order valence-corrected chi connectivity index (χ4v) is 1.99. The Morgan fingerprint density at radius 3 is 2.76 bits per heavy atom. The number of furan rings is 1. The van der Waals surface area contributed by atoms with Crippen molar-refractivity contribution >= 4 is 27.4 Å². The van der Waals surface area contributed by atoms with Crippen LogP contribution in [0.3, 0.4) is 0 Å². The Bertz CT molecular complexity index is 560. The SMILES string of the molecule is CCc1ccc(C(=O)c2cccc(N)c2Br)o1. The van der Waals surface area contributed by atoms with Crippen LogP contribution in [0.15, 0.2) is 39.2 Å². The molecule has 0 saturated heterocycles. The van der Waals surface area contributed by atoms with Crippen molar-refractivity contribution in [2.24, 2.45) is 0 Å². The molecule has 0 unspecified atom stereocenters. The molecule has 4 heteroatoms. The van der Waals surface area contributed by atoms with Crippen molar-refractivity contribution in [3.8, 4) is 0 Å². The number of hydrogen-bond acceptors (Lipinski definition) is 3. The maximum absolute atomic E-state index is 12.2. The van der Waals surface area contributed by atoms with Gasteiger partial charge in [0, 0.05) is 17.7 Å². The fourth-order valence-electron chi connectivity index (χ4n) is 1.55. The van der Waals surface area contributed by atoms with E-state index in [1.165, 1.54) is 0 Å². The van der Waals surface area contributed by atoms with Crippen molar-refractivity contribution in [3.05, 3.63) is 51.9 Å². The van der Waals surface area contributed by atoms with Crippen molar-refractivity contribution in [1.82, 2.24) is 0 Å². The Morgan fingerprint density at radius 1 is 1.35 bits per heavy atom. The highest BCUT2D eigenvalue weighted by Crippen LogP contribution is 2.26. The summed E-state index contributed by atoms with van der Waals surface area (Å²) < 4.78 is 6.04. The van der Waals surface area contributed by atoms with E-state index in [2.05, 4.69) is 15.9 Å². The second kappa shape index (κ2) is 4.75. The van der Waals surface area contributed by atoms with Gasteiger partial charge in [0.1, 0.15) is 5.76 Å². The summed E-state index contributed by atoms with van der Waals surface area (Å²) in [4.78, 5) is 12.2. The number of carbonyl (C=O) groups is 1. The molecule has 1 aromatic heterocycles. The van der Waals surface area contributed by atoms with E-state index in [1.54, 1.807) is 24.3 Å². The number of benzene rings is 1. The minimum Gasteiger partial charge on any atom is -0.458 e. The number of hydrogen-bond donors (Lipinski definition) is 1. The largest absolute Gasteiger partial charge is 0.458 e. The molecule has 0 fully saturated rings. The Labute approximate surface area is 108 Å². The predicted octanol–water partition coefficient (Wildman–Crippen LogP) is 3.42. The van der Waals surface area contributed by atoms with Crippen molar-refractivity contribution in [2.45, 2.75) is 13.3 Å². The third kappa shape index (κ3) is 2.26. The second-order valence-electron chi connectivity index (χ2n) is 3.66. The van der Waals surface area contributed by atoms with Crippen LogP contribution in [0.2, 0.25) is 0 Å². The molecule has 0 bridgehead atoms. The third-order valence-corrected chi connectivity index (χ3v) is 3.39. The number of rotatable bonds is 3. The van der Waals surface area contributed by atoms with E-state index >= 15 is 0 Å². The van der Waals surface area contributed by atoms with Gasteiger partial charge in [-0.1, -0.05) is 13.0 Å². The highest BCUT2D eigenvalue weighted by molar-refractivity contribution is 9.10. The fraction of sp³-hybridized carbons (Fsp3) is 0.154. The van der Waals surface area contributed by atoms with Crippen molar-refractivity contribution in [2.75, 3.05) is 5.73 Å². The zero-order chi connectivity index (χ0) is 12.4. The van der Waals surface area contributed by atoms with Crippen LogP contribution in [0, 0.1) is 0 Å². The molecule has 0 aliphatic heterocycles. The van der Waals surface area contributed by atoms with Crippen LogP contribution in [0.5, 0.6) is 0 Å². The smallest absolute Gasteiger partial charge is 0.229 e. The molecule has 88 valence electrons. The van der Waals surface area contributed by atoms with Gasteiger partial charge in [-0.25, -0.2) is 0 Å². The molecule has 2 rings (SSSR count). The summed E-state index contributed by atoms with van der Waals surface area (Å²) in [6.07, 6.45) is 0.769. The Balaban J connectivity index is 2.40. The Morgan fingerprint density at radius 2 is 2.12 bits per heavy atom. The van der Waals surface area contributed by atoms with E-state index in [0.29, 0.717) is 21.5 Å². The number of halogens is 1. The summed E-state index contributed by atoms with van der Waals surface area (Å²) in [6, 6.07) is 8.71. The minimum absolute atomic E-state index is 0.163. The lowest BCUT2D eigenvalue weighted by atomic mass is 10.1. The van der Waals surface area contributed by atoms with E-state index < -0.39 is 0 Å². The first kappa shape index (κ1) is 11.9. The third-order valence-electron chi connectivity index (χ3n) is 2.51. The monoisotopic (exact) mass is 293 g/mol. The van der Waals surface area contributed by atoms with Crippen LogP contribution in [-0.4, -0.2) is 5.78 Å². The van der Waals surface area contributed by atoms with Crippen LogP contribution in [0.4, 0.5) is 5.69 Å². The number of nitrogen functional groups attached to an aromatic ring is 1. The Hall–Kier alpha value is -1.55. The van der Waals surface area contributed by atoms with E-state index in [-0.39, 0.29) is 5.78 Å². The molecule has 17 heavy (non-hydrogen) atoms. The molecule has 0 atom stereocenters. The standard InChI is InChI=1S/C13H12BrNO2/c1-2-8-6-7-11(17-8)13(16)9-4-3-5-10(15)12(9)14/h3-7H,2,15H2,1H3. The molecule has 2 N–H and O–H groups in total. The van der Waals surface area contributed by atoms with Crippen LogP contribution in [0.25, 0.3) is 0 Å². The van der Waals surface area contributed by atoms with Gasteiger partial charge in [0.05, 0.1) is 4.47 Å². The highest BCUT2D eigenvalue weighted by Gasteiger charge is 2.17. The summed E-state index contributed by atoms with van der Waals surface area (Å²) in [6.45, 7) is 1.98. The van der Waals surface area contributed by atoms with Crippen LogP contribution in [0.1, 0.15) is 28.8 Å². The number of nitrogens with two attached hydrogens (primary N) is 1. The van der Waals surface area contributed by atoms with Gasteiger partial charge in [-0.15, -0.1) is 0 Å². The number of anilines is 1. The van der Waals surface area contributed by atoms with Gasteiger partial charge in [0.15, 0.2) is 5.76 Å². The van der Waals surface area contributed by atoms with E-state index in [1.807, 2.05) is 13.0 Å². The second-order valence-corrected chi connectivity index (χ2v) is 4.45. The van der Waals surface area contributed by atoms with Crippen molar-refractivity contribution in [1.29, 1.82) is 0 Å². The van der Waals surface area contributed by atoms with E-state index in [9.17, 15) is 4.79 Å². The maximum atomic E-state index is 12.2. The lowest BCUT2D eigenvalue weighted by molar-refractivity contribution is 0.101. The molecular weight excluding hydrogens is 282 g/mol. The van der Waals surface area contributed by atoms with E-state index in [4.69, 9.17) is 10.2 Å². The molecular formula is C13H12BrNO2. The normalized spacial score (nSPS) is 10.5. The van der Waals surface area contributed by atoms with Gasteiger partial charge in [-0.2, -0.15) is 0 Å².